The molecule has 104 valence electrons. The molecule has 4 heteroatoms. The Morgan fingerprint density at radius 2 is 1.62 bits per heavy atom. The van der Waals surface area contributed by atoms with Gasteiger partial charge in [-0.1, -0.05) is 41.4 Å². The van der Waals surface area contributed by atoms with Crippen molar-refractivity contribution in [2.75, 3.05) is 0 Å². The minimum absolute atomic E-state index is 0.121. The summed E-state index contributed by atoms with van der Waals surface area (Å²) in [5, 5.41) is 11.9. The van der Waals surface area contributed by atoms with Crippen molar-refractivity contribution in [1.29, 1.82) is 0 Å². The summed E-state index contributed by atoms with van der Waals surface area (Å²) >= 11 is 11.9. The first-order chi connectivity index (χ1) is 10.1. The summed E-state index contributed by atoms with van der Waals surface area (Å²) in [6.07, 6.45) is 3.81. The highest BCUT2D eigenvalue weighted by Gasteiger charge is 2.05. The Morgan fingerprint density at radius 3 is 2.38 bits per heavy atom. The number of halogens is 2. The summed E-state index contributed by atoms with van der Waals surface area (Å²) < 4.78 is 0. The van der Waals surface area contributed by atoms with Gasteiger partial charge >= 0.3 is 0 Å². The number of phenols is 1. The molecule has 0 saturated carbocycles. The lowest BCUT2D eigenvalue weighted by Crippen LogP contribution is -1.85. The van der Waals surface area contributed by atoms with Crippen LogP contribution in [0.4, 0.5) is 0 Å². The second-order valence-electron chi connectivity index (χ2n) is 4.58. The summed E-state index contributed by atoms with van der Waals surface area (Å²) in [6, 6.07) is 14.4. The van der Waals surface area contributed by atoms with E-state index in [1.54, 1.807) is 12.1 Å². The van der Waals surface area contributed by atoms with Crippen molar-refractivity contribution in [1.82, 2.24) is 4.98 Å². The van der Waals surface area contributed by atoms with Crippen molar-refractivity contribution in [3.8, 4) is 5.75 Å². The van der Waals surface area contributed by atoms with E-state index in [2.05, 4.69) is 4.98 Å². The van der Waals surface area contributed by atoms with Gasteiger partial charge in [-0.2, -0.15) is 0 Å². The van der Waals surface area contributed by atoms with Crippen molar-refractivity contribution in [3.63, 3.8) is 0 Å². The van der Waals surface area contributed by atoms with E-state index in [9.17, 15) is 5.11 Å². The van der Waals surface area contributed by atoms with Gasteiger partial charge in [-0.15, -0.1) is 0 Å². The molecule has 1 heterocycles. The first kappa shape index (κ1) is 13.9. The van der Waals surface area contributed by atoms with E-state index in [1.807, 2.05) is 48.6 Å². The fraction of sp³-hybridized carbons (Fsp3) is 0. The number of rotatable bonds is 2. The summed E-state index contributed by atoms with van der Waals surface area (Å²) in [5.74, 6) is 0.121. The second kappa shape index (κ2) is 5.76. The molecule has 21 heavy (non-hydrogen) atoms. The van der Waals surface area contributed by atoms with E-state index < -0.39 is 0 Å². The average molecular weight is 316 g/mol. The summed E-state index contributed by atoms with van der Waals surface area (Å²) in [7, 11) is 0. The maximum Gasteiger partial charge on any atom is 0.141 e. The van der Waals surface area contributed by atoms with Crippen LogP contribution in [-0.4, -0.2) is 10.1 Å². The minimum Gasteiger partial charge on any atom is -0.506 e. The minimum atomic E-state index is 0.121. The molecule has 0 aliphatic rings. The molecule has 3 rings (SSSR count). The van der Waals surface area contributed by atoms with Gasteiger partial charge in [-0.3, -0.25) is 0 Å². The Morgan fingerprint density at radius 1 is 0.857 bits per heavy atom. The molecule has 0 spiro atoms. The highest BCUT2D eigenvalue weighted by atomic mass is 35.5. The Kier molecular flexibility index (Phi) is 3.82. The Labute approximate surface area is 132 Å². The first-order valence-corrected chi connectivity index (χ1v) is 7.11. The number of aromatic nitrogens is 1. The largest absolute Gasteiger partial charge is 0.506 e. The van der Waals surface area contributed by atoms with Crippen LogP contribution in [0.3, 0.4) is 0 Å². The smallest absolute Gasteiger partial charge is 0.141 e. The Bertz CT molecular complexity index is 826. The molecule has 0 fully saturated rings. The van der Waals surface area contributed by atoms with Crippen LogP contribution in [0.15, 0.2) is 48.5 Å². The van der Waals surface area contributed by atoms with Crippen LogP contribution >= 0.6 is 23.2 Å². The lowest BCUT2D eigenvalue weighted by Gasteiger charge is -2.03. The summed E-state index contributed by atoms with van der Waals surface area (Å²) in [6.45, 7) is 0. The Balaban J connectivity index is 1.98. The van der Waals surface area contributed by atoms with E-state index >= 15 is 0 Å². The van der Waals surface area contributed by atoms with E-state index in [1.165, 1.54) is 0 Å². The fourth-order valence-corrected chi connectivity index (χ4v) is 2.37. The van der Waals surface area contributed by atoms with Gasteiger partial charge in [0.05, 0.1) is 10.7 Å². The maximum absolute atomic E-state index is 9.88. The topological polar surface area (TPSA) is 33.1 Å². The monoisotopic (exact) mass is 315 g/mol. The zero-order valence-electron chi connectivity index (χ0n) is 10.9. The van der Waals surface area contributed by atoms with Crippen LogP contribution < -0.4 is 0 Å². The molecule has 0 aliphatic heterocycles. The van der Waals surface area contributed by atoms with Crippen LogP contribution in [0.1, 0.15) is 11.3 Å². The molecular formula is C17H11Cl2NO. The molecule has 0 amide bonds. The molecule has 0 aliphatic carbocycles. The Hall–Kier alpha value is -2.03. The van der Waals surface area contributed by atoms with E-state index in [-0.39, 0.29) is 5.75 Å². The number of hydrogen-bond donors (Lipinski definition) is 1. The van der Waals surface area contributed by atoms with Crippen molar-refractivity contribution >= 4 is 46.3 Å². The lowest BCUT2D eigenvalue weighted by atomic mass is 10.1. The highest BCUT2D eigenvalue weighted by Crippen LogP contribution is 2.29. The van der Waals surface area contributed by atoms with E-state index in [0.29, 0.717) is 15.6 Å². The van der Waals surface area contributed by atoms with Crippen LogP contribution in [0.25, 0.3) is 23.1 Å². The number of aromatic hydroxyl groups is 1. The summed E-state index contributed by atoms with van der Waals surface area (Å²) in [5.41, 5.74) is 2.27. The van der Waals surface area contributed by atoms with Gasteiger partial charge in [0.1, 0.15) is 11.3 Å². The van der Waals surface area contributed by atoms with Crippen LogP contribution in [0.2, 0.25) is 10.0 Å². The molecule has 3 aromatic rings. The average Bonchev–Trinajstić information content (AvgIpc) is 2.50. The third-order valence-electron chi connectivity index (χ3n) is 3.12. The quantitative estimate of drug-likeness (QED) is 0.685. The van der Waals surface area contributed by atoms with Gasteiger partial charge in [0, 0.05) is 10.4 Å². The van der Waals surface area contributed by atoms with Gasteiger partial charge in [-0.05, 0) is 48.0 Å². The summed E-state index contributed by atoms with van der Waals surface area (Å²) in [4.78, 5) is 4.42. The van der Waals surface area contributed by atoms with Gasteiger partial charge in [0.2, 0.25) is 0 Å². The number of pyridine rings is 1. The van der Waals surface area contributed by atoms with Crippen molar-refractivity contribution in [3.05, 3.63) is 69.8 Å². The molecule has 0 saturated heterocycles. The molecule has 1 aromatic heterocycles. The molecule has 2 nitrogen and oxygen atoms in total. The van der Waals surface area contributed by atoms with Crippen LogP contribution in [0, 0.1) is 0 Å². The standard InChI is InChI=1S/C17H11Cl2NO/c18-12-4-1-11(2-5-12)3-6-13-7-8-14-15(19)9-10-16(21)17(14)20-13/h1-10,21H. The maximum atomic E-state index is 9.88. The number of phenolic OH excluding ortho intramolecular Hbond substituents is 1. The number of benzene rings is 2. The number of fused-ring (bicyclic) bond motifs is 1. The second-order valence-corrected chi connectivity index (χ2v) is 5.43. The third-order valence-corrected chi connectivity index (χ3v) is 3.70. The van der Waals surface area contributed by atoms with Crippen LogP contribution in [0.5, 0.6) is 5.75 Å². The fourth-order valence-electron chi connectivity index (χ4n) is 2.03. The molecular weight excluding hydrogens is 305 g/mol. The van der Waals surface area contributed by atoms with Crippen molar-refractivity contribution in [2.45, 2.75) is 0 Å². The molecule has 0 unspecified atom stereocenters. The van der Waals surface area contributed by atoms with Crippen LogP contribution in [-0.2, 0) is 0 Å². The number of nitrogens with zero attached hydrogens (tertiary/aromatic N) is 1. The van der Waals surface area contributed by atoms with Crippen molar-refractivity contribution in [2.24, 2.45) is 0 Å². The van der Waals surface area contributed by atoms with Gasteiger partial charge in [-0.25, -0.2) is 4.98 Å². The first-order valence-electron chi connectivity index (χ1n) is 6.35. The lowest BCUT2D eigenvalue weighted by molar-refractivity contribution is 0.480. The predicted molar refractivity (Wildman–Crippen MR) is 88.8 cm³/mol. The van der Waals surface area contributed by atoms with Gasteiger partial charge in [0.25, 0.3) is 0 Å². The van der Waals surface area contributed by atoms with Gasteiger partial charge < -0.3 is 5.11 Å². The molecule has 1 N–H and O–H groups in total. The highest BCUT2D eigenvalue weighted by molar-refractivity contribution is 6.35. The van der Waals surface area contributed by atoms with E-state index in [0.717, 1.165) is 16.6 Å². The molecule has 0 radical (unpaired) electrons. The molecule has 0 atom stereocenters. The normalized spacial score (nSPS) is 11.3. The predicted octanol–water partition coefficient (Wildman–Crippen LogP) is 5.42. The molecule has 0 bridgehead atoms. The zero-order chi connectivity index (χ0) is 14.8. The van der Waals surface area contributed by atoms with Gasteiger partial charge in [0.15, 0.2) is 0 Å². The SMILES string of the molecule is Oc1ccc(Cl)c2ccc(C=Cc3ccc(Cl)cc3)nc12. The number of hydrogen-bond acceptors (Lipinski definition) is 2. The zero-order valence-corrected chi connectivity index (χ0v) is 12.4. The van der Waals surface area contributed by atoms with Crippen molar-refractivity contribution < 1.29 is 5.11 Å². The van der Waals surface area contributed by atoms with E-state index in [4.69, 9.17) is 23.2 Å². The third kappa shape index (κ3) is 3.02. The molecule has 2 aromatic carbocycles.